The number of carbonyl (C=O) groups excluding carboxylic acids is 2. The van der Waals surface area contributed by atoms with Gasteiger partial charge in [-0.05, 0) is 61.4 Å². The summed E-state index contributed by atoms with van der Waals surface area (Å²) in [5, 5.41) is 3.02. The number of anilines is 1. The van der Waals surface area contributed by atoms with E-state index in [-0.39, 0.29) is 4.90 Å². The van der Waals surface area contributed by atoms with Crippen LogP contribution in [0.5, 0.6) is 0 Å². The number of halogens is 1. The molecular weight excluding hydrogens is 404 g/mol. The predicted octanol–water partition coefficient (Wildman–Crippen LogP) is 2.76. The van der Waals surface area contributed by atoms with Gasteiger partial charge in [-0.15, -0.1) is 0 Å². The van der Waals surface area contributed by atoms with Crippen molar-refractivity contribution in [1.29, 1.82) is 0 Å². The second-order valence-electron chi connectivity index (χ2n) is 6.22. The van der Waals surface area contributed by atoms with E-state index in [0.29, 0.717) is 10.7 Å². The van der Waals surface area contributed by atoms with E-state index in [0.717, 1.165) is 15.4 Å². The zero-order chi connectivity index (χ0) is 20.9. The third-order valence-corrected chi connectivity index (χ3v) is 6.10. The Balaban J connectivity index is 1.88. The van der Waals surface area contributed by atoms with Crippen LogP contribution in [0, 0.1) is 13.8 Å². The maximum atomic E-state index is 12.4. The van der Waals surface area contributed by atoms with Gasteiger partial charge in [0.2, 0.25) is 10.0 Å². The molecule has 2 aromatic rings. The van der Waals surface area contributed by atoms with Gasteiger partial charge in [-0.25, -0.2) is 8.42 Å². The molecule has 0 saturated heterocycles. The largest absolute Gasteiger partial charge is 0.455 e. The number of hydrogen-bond acceptors (Lipinski definition) is 5. The summed E-state index contributed by atoms with van der Waals surface area (Å²) in [6, 6.07) is 11.0. The average molecular weight is 425 g/mol. The van der Waals surface area contributed by atoms with Crippen LogP contribution in [0.1, 0.15) is 11.1 Å². The van der Waals surface area contributed by atoms with E-state index in [1.807, 2.05) is 26.0 Å². The van der Waals surface area contributed by atoms with Crippen LogP contribution in [0.3, 0.4) is 0 Å². The Kier molecular flexibility index (Phi) is 7.17. The van der Waals surface area contributed by atoms with Crippen molar-refractivity contribution in [3.05, 3.63) is 58.6 Å². The number of likely N-dealkylation sites (N-methyl/N-ethyl adjacent to an activating group) is 1. The number of amides is 1. The van der Waals surface area contributed by atoms with E-state index in [2.05, 4.69) is 5.32 Å². The average Bonchev–Trinajstić information content (AvgIpc) is 2.63. The van der Waals surface area contributed by atoms with Gasteiger partial charge in [0.05, 0.1) is 4.90 Å². The molecule has 0 saturated carbocycles. The molecule has 0 unspecified atom stereocenters. The first-order valence-corrected chi connectivity index (χ1v) is 10.2. The van der Waals surface area contributed by atoms with E-state index < -0.39 is 35.1 Å². The van der Waals surface area contributed by atoms with Gasteiger partial charge in [-0.2, -0.15) is 4.31 Å². The lowest BCUT2D eigenvalue weighted by Crippen LogP contribution is -2.34. The van der Waals surface area contributed by atoms with Gasteiger partial charge in [0.1, 0.15) is 6.54 Å². The van der Waals surface area contributed by atoms with Crippen molar-refractivity contribution in [2.75, 3.05) is 25.5 Å². The first-order chi connectivity index (χ1) is 13.1. The molecule has 1 amide bonds. The van der Waals surface area contributed by atoms with Crippen molar-refractivity contribution < 1.29 is 22.7 Å². The Labute approximate surface area is 169 Å². The molecule has 0 heterocycles. The van der Waals surface area contributed by atoms with Gasteiger partial charge in [0, 0.05) is 17.8 Å². The molecule has 7 nitrogen and oxygen atoms in total. The van der Waals surface area contributed by atoms with Crippen LogP contribution in [0.25, 0.3) is 0 Å². The second-order valence-corrected chi connectivity index (χ2v) is 8.70. The number of carbonyl (C=O) groups is 2. The molecule has 0 fully saturated rings. The summed E-state index contributed by atoms with van der Waals surface area (Å²) >= 11 is 5.75. The number of aryl methyl sites for hydroxylation is 2. The third-order valence-electron chi connectivity index (χ3n) is 4.03. The van der Waals surface area contributed by atoms with Crippen molar-refractivity contribution in [2.45, 2.75) is 18.7 Å². The van der Waals surface area contributed by atoms with Crippen LogP contribution in [0.4, 0.5) is 5.69 Å². The number of nitrogens with one attached hydrogen (secondary N) is 1. The highest BCUT2D eigenvalue weighted by Crippen LogP contribution is 2.17. The maximum Gasteiger partial charge on any atom is 0.321 e. The molecule has 0 aliphatic carbocycles. The minimum absolute atomic E-state index is 0.000293. The van der Waals surface area contributed by atoms with Crippen LogP contribution in [-0.4, -0.2) is 44.8 Å². The molecule has 0 radical (unpaired) electrons. The minimum Gasteiger partial charge on any atom is -0.455 e. The first-order valence-electron chi connectivity index (χ1n) is 8.34. The summed E-state index contributed by atoms with van der Waals surface area (Å²) in [7, 11) is -2.62. The number of esters is 1. The van der Waals surface area contributed by atoms with Crippen LogP contribution in [0.2, 0.25) is 5.02 Å². The summed E-state index contributed by atoms with van der Waals surface area (Å²) in [5.74, 6) is -1.35. The van der Waals surface area contributed by atoms with Gasteiger partial charge >= 0.3 is 5.97 Å². The summed E-state index contributed by atoms with van der Waals surface area (Å²) < 4.78 is 30.5. The minimum atomic E-state index is -3.87. The van der Waals surface area contributed by atoms with Crippen molar-refractivity contribution in [3.63, 3.8) is 0 Å². The normalized spacial score (nSPS) is 11.3. The molecule has 0 bridgehead atoms. The van der Waals surface area contributed by atoms with Crippen molar-refractivity contribution in [1.82, 2.24) is 4.31 Å². The van der Waals surface area contributed by atoms with Crippen LogP contribution >= 0.6 is 11.6 Å². The van der Waals surface area contributed by atoms with E-state index in [4.69, 9.17) is 16.3 Å². The van der Waals surface area contributed by atoms with Crippen molar-refractivity contribution >= 4 is 39.2 Å². The summed E-state index contributed by atoms with van der Waals surface area (Å²) in [6.07, 6.45) is 0. The molecule has 0 aromatic heterocycles. The van der Waals surface area contributed by atoms with Crippen LogP contribution in [0.15, 0.2) is 47.4 Å². The highest BCUT2D eigenvalue weighted by atomic mass is 35.5. The molecule has 9 heteroatoms. The Hall–Kier alpha value is -2.42. The fraction of sp³-hybridized carbons (Fsp3) is 0.263. The summed E-state index contributed by atoms with van der Waals surface area (Å²) in [5.41, 5.74) is 2.70. The zero-order valence-electron chi connectivity index (χ0n) is 15.7. The quantitative estimate of drug-likeness (QED) is 0.690. The van der Waals surface area contributed by atoms with E-state index in [1.54, 1.807) is 6.07 Å². The predicted molar refractivity (Wildman–Crippen MR) is 107 cm³/mol. The molecule has 0 aliphatic rings. The Morgan fingerprint density at radius 3 is 2.32 bits per heavy atom. The summed E-state index contributed by atoms with van der Waals surface area (Å²) in [4.78, 5) is 23.8. The first kappa shape index (κ1) is 21.9. The fourth-order valence-corrected chi connectivity index (χ4v) is 3.50. The number of sulfonamides is 1. The molecule has 2 rings (SSSR count). The topological polar surface area (TPSA) is 92.8 Å². The molecule has 0 spiro atoms. The maximum absolute atomic E-state index is 12.4. The van der Waals surface area contributed by atoms with Gasteiger partial charge < -0.3 is 10.1 Å². The second kappa shape index (κ2) is 9.18. The number of rotatable bonds is 7. The van der Waals surface area contributed by atoms with Gasteiger partial charge in [-0.3, -0.25) is 9.59 Å². The Bertz CT molecular complexity index is 974. The molecule has 150 valence electrons. The van der Waals surface area contributed by atoms with Crippen LogP contribution < -0.4 is 5.32 Å². The number of benzene rings is 2. The molecular formula is C19H21ClN2O5S. The van der Waals surface area contributed by atoms with E-state index in [1.165, 1.54) is 31.3 Å². The fourth-order valence-electron chi connectivity index (χ4n) is 2.26. The lowest BCUT2D eigenvalue weighted by Gasteiger charge is -2.16. The van der Waals surface area contributed by atoms with E-state index >= 15 is 0 Å². The molecule has 0 aliphatic heterocycles. The molecule has 0 atom stereocenters. The van der Waals surface area contributed by atoms with Crippen LogP contribution in [-0.2, 0) is 24.3 Å². The Morgan fingerprint density at radius 1 is 1.07 bits per heavy atom. The van der Waals surface area contributed by atoms with Gasteiger partial charge in [-0.1, -0.05) is 17.7 Å². The Morgan fingerprint density at radius 2 is 1.71 bits per heavy atom. The number of nitrogens with zero attached hydrogens (tertiary/aromatic N) is 1. The highest BCUT2D eigenvalue weighted by Gasteiger charge is 2.23. The molecule has 1 N–H and O–H groups in total. The zero-order valence-corrected chi connectivity index (χ0v) is 17.3. The van der Waals surface area contributed by atoms with Crippen molar-refractivity contribution in [3.8, 4) is 0 Å². The monoisotopic (exact) mass is 424 g/mol. The van der Waals surface area contributed by atoms with E-state index in [9.17, 15) is 18.0 Å². The standard InChI is InChI=1S/C19H21ClN2O5S/c1-13-4-7-16(10-14(13)2)21-18(23)12-27-19(24)11-22(3)28(25,26)17-8-5-15(20)6-9-17/h4-10H,11-12H2,1-3H3,(H,21,23). The number of hydrogen-bond donors (Lipinski definition) is 1. The van der Waals surface area contributed by atoms with Crippen molar-refractivity contribution in [2.24, 2.45) is 0 Å². The number of ether oxygens (including phenoxy) is 1. The third kappa shape index (κ3) is 5.79. The molecule has 2 aromatic carbocycles. The highest BCUT2D eigenvalue weighted by molar-refractivity contribution is 7.89. The lowest BCUT2D eigenvalue weighted by atomic mass is 10.1. The summed E-state index contributed by atoms with van der Waals surface area (Å²) in [6.45, 7) is 2.84. The lowest BCUT2D eigenvalue weighted by molar-refractivity contribution is -0.147. The van der Waals surface area contributed by atoms with Gasteiger partial charge in [0.25, 0.3) is 5.91 Å². The SMILES string of the molecule is Cc1ccc(NC(=O)COC(=O)CN(C)S(=O)(=O)c2ccc(Cl)cc2)cc1C. The smallest absolute Gasteiger partial charge is 0.321 e. The van der Waals surface area contributed by atoms with Gasteiger partial charge in [0.15, 0.2) is 6.61 Å². The molecule has 28 heavy (non-hydrogen) atoms.